The number of hydrogen-bond donors (Lipinski definition) is 1. The Balaban J connectivity index is 2.39. The van der Waals surface area contributed by atoms with E-state index in [1.54, 1.807) is 12.3 Å². The monoisotopic (exact) mass is 213 g/mol. The lowest BCUT2D eigenvalue weighted by Crippen LogP contribution is -2.12. The number of rotatable bonds is 3. The number of hydrogen-bond acceptors (Lipinski definition) is 3. The molecule has 0 aliphatic rings. The molecule has 0 spiro atoms. The predicted octanol–water partition coefficient (Wildman–Crippen LogP) is 2.98. The number of aromatic nitrogens is 2. The smallest absolute Gasteiger partial charge is 0.153 e. The molecule has 1 heterocycles. The zero-order valence-corrected chi connectivity index (χ0v) is 9.60. The van der Waals surface area contributed by atoms with Crippen LogP contribution in [-0.4, -0.2) is 16.7 Å². The molecule has 0 radical (unpaired) electrons. The van der Waals surface area contributed by atoms with Gasteiger partial charge in [-0.05, 0) is 11.8 Å². The summed E-state index contributed by atoms with van der Waals surface area (Å²) in [5.41, 5.74) is 1.27. The number of anilines is 1. The van der Waals surface area contributed by atoms with Crippen molar-refractivity contribution in [2.75, 3.05) is 11.9 Å². The molecule has 0 atom stereocenters. The van der Waals surface area contributed by atoms with E-state index in [1.165, 1.54) is 0 Å². The third kappa shape index (κ3) is 4.42. The molecule has 0 aliphatic carbocycles. The standard InChI is InChI=1S/C10H16ClN3/c1-10(2,3)4-5-12-8-6-9(11)14-13-7-8/h6-7H,4-5H2,1-3H3,(H,12,14). The van der Waals surface area contributed by atoms with Gasteiger partial charge in [0.2, 0.25) is 0 Å². The molecule has 14 heavy (non-hydrogen) atoms. The maximum absolute atomic E-state index is 5.70. The fourth-order valence-corrected chi connectivity index (χ4v) is 1.18. The van der Waals surface area contributed by atoms with Crippen molar-refractivity contribution in [2.24, 2.45) is 5.41 Å². The largest absolute Gasteiger partial charge is 0.384 e. The van der Waals surface area contributed by atoms with E-state index < -0.39 is 0 Å². The number of halogens is 1. The average Bonchev–Trinajstić information content (AvgIpc) is 2.01. The minimum absolute atomic E-state index is 0.344. The van der Waals surface area contributed by atoms with Gasteiger partial charge < -0.3 is 5.32 Å². The van der Waals surface area contributed by atoms with Crippen molar-refractivity contribution >= 4 is 17.3 Å². The lowest BCUT2D eigenvalue weighted by atomic mass is 9.92. The summed E-state index contributed by atoms with van der Waals surface area (Å²) in [6.07, 6.45) is 2.78. The van der Waals surface area contributed by atoms with Crippen LogP contribution in [0.4, 0.5) is 5.69 Å². The molecular formula is C10H16ClN3. The van der Waals surface area contributed by atoms with Crippen LogP contribution < -0.4 is 5.32 Å². The van der Waals surface area contributed by atoms with E-state index >= 15 is 0 Å². The Morgan fingerprint density at radius 2 is 2.14 bits per heavy atom. The van der Waals surface area contributed by atoms with Crippen LogP contribution in [0.5, 0.6) is 0 Å². The second-order valence-electron chi connectivity index (χ2n) is 4.50. The van der Waals surface area contributed by atoms with Crippen LogP contribution in [0.25, 0.3) is 0 Å². The molecule has 1 rings (SSSR count). The van der Waals surface area contributed by atoms with Crippen molar-refractivity contribution in [3.63, 3.8) is 0 Å². The fraction of sp³-hybridized carbons (Fsp3) is 0.600. The highest BCUT2D eigenvalue weighted by atomic mass is 35.5. The molecular weight excluding hydrogens is 198 g/mol. The van der Waals surface area contributed by atoms with E-state index in [0.29, 0.717) is 10.6 Å². The van der Waals surface area contributed by atoms with Crippen molar-refractivity contribution in [1.82, 2.24) is 10.2 Å². The van der Waals surface area contributed by atoms with Gasteiger partial charge in [0.25, 0.3) is 0 Å². The van der Waals surface area contributed by atoms with Gasteiger partial charge in [-0.2, -0.15) is 5.10 Å². The zero-order valence-electron chi connectivity index (χ0n) is 8.84. The molecule has 0 bridgehead atoms. The molecule has 1 aromatic rings. The molecule has 3 nitrogen and oxygen atoms in total. The highest BCUT2D eigenvalue weighted by Gasteiger charge is 2.08. The molecule has 0 saturated heterocycles. The highest BCUT2D eigenvalue weighted by Crippen LogP contribution is 2.18. The summed E-state index contributed by atoms with van der Waals surface area (Å²) in [6, 6.07) is 1.78. The average molecular weight is 214 g/mol. The van der Waals surface area contributed by atoms with Gasteiger partial charge in [0.15, 0.2) is 5.15 Å². The highest BCUT2D eigenvalue weighted by molar-refractivity contribution is 6.29. The molecule has 0 fully saturated rings. The van der Waals surface area contributed by atoms with E-state index in [2.05, 4.69) is 36.3 Å². The molecule has 0 saturated carbocycles. The summed E-state index contributed by atoms with van der Waals surface area (Å²) >= 11 is 5.70. The normalized spacial score (nSPS) is 11.4. The van der Waals surface area contributed by atoms with E-state index in [1.807, 2.05) is 0 Å². The van der Waals surface area contributed by atoms with Crippen molar-refractivity contribution in [2.45, 2.75) is 27.2 Å². The fourth-order valence-electron chi connectivity index (χ4n) is 1.02. The van der Waals surface area contributed by atoms with Crippen LogP contribution >= 0.6 is 11.6 Å². The second-order valence-corrected chi connectivity index (χ2v) is 4.89. The van der Waals surface area contributed by atoms with Crippen molar-refractivity contribution in [3.05, 3.63) is 17.4 Å². The lowest BCUT2D eigenvalue weighted by molar-refractivity contribution is 0.390. The van der Waals surface area contributed by atoms with Gasteiger partial charge in [0, 0.05) is 12.6 Å². The first kappa shape index (κ1) is 11.2. The predicted molar refractivity (Wildman–Crippen MR) is 59.6 cm³/mol. The molecule has 0 unspecified atom stereocenters. The van der Waals surface area contributed by atoms with E-state index in [9.17, 15) is 0 Å². The van der Waals surface area contributed by atoms with Crippen molar-refractivity contribution in [1.29, 1.82) is 0 Å². The summed E-state index contributed by atoms with van der Waals surface area (Å²) in [5.74, 6) is 0. The summed E-state index contributed by atoms with van der Waals surface area (Å²) in [7, 11) is 0. The summed E-state index contributed by atoms with van der Waals surface area (Å²) < 4.78 is 0. The zero-order chi connectivity index (χ0) is 10.6. The maximum atomic E-state index is 5.70. The van der Waals surface area contributed by atoms with Crippen LogP contribution in [0.1, 0.15) is 27.2 Å². The van der Waals surface area contributed by atoms with Gasteiger partial charge in [-0.15, -0.1) is 5.10 Å². The van der Waals surface area contributed by atoms with Gasteiger partial charge in [-0.3, -0.25) is 0 Å². The molecule has 4 heteroatoms. The van der Waals surface area contributed by atoms with Gasteiger partial charge in [0.1, 0.15) is 0 Å². The first-order chi connectivity index (χ1) is 6.47. The SMILES string of the molecule is CC(C)(C)CCNc1cnnc(Cl)c1. The first-order valence-electron chi connectivity index (χ1n) is 4.69. The summed E-state index contributed by atoms with van der Waals surface area (Å²) in [5, 5.41) is 11.1. The van der Waals surface area contributed by atoms with E-state index in [-0.39, 0.29) is 0 Å². The van der Waals surface area contributed by atoms with Crippen LogP contribution in [0.15, 0.2) is 12.3 Å². The summed E-state index contributed by atoms with van der Waals surface area (Å²) in [4.78, 5) is 0. The van der Waals surface area contributed by atoms with Gasteiger partial charge in [-0.1, -0.05) is 32.4 Å². The molecule has 0 amide bonds. The minimum atomic E-state index is 0.344. The number of nitrogens with one attached hydrogen (secondary N) is 1. The van der Waals surface area contributed by atoms with Crippen molar-refractivity contribution in [3.8, 4) is 0 Å². The van der Waals surface area contributed by atoms with Crippen LogP contribution in [0.3, 0.4) is 0 Å². The summed E-state index contributed by atoms with van der Waals surface area (Å²) in [6.45, 7) is 7.57. The van der Waals surface area contributed by atoms with Crippen LogP contribution in [0.2, 0.25) is 5.15 Å². The number of nitrogens with zero attached hydrogens (tertiary/aromatic N) is 2. The van der Waals surface area contributed by atoms with Crippen molar-refractivity contribution < 1.29 is 0 Å². The Morgan fingerprint density at radius 1 is 1.43 bits per heavy atom. The minimum Gasteiger partial charge on any atom is -0.384 e. The molecule has 1 N–H and O–H groups in total. The van der Waals surface area contributed by atoms with Gasteiger partial charge >= 0.3 is 0 Å². The Labute approximate surface area is 89.9 Å². The Morgan fingerprint density at radius 3 is 2.71 bits per heavy atom. The molecule has 0 aromatic carbocycles. The van der Waals surface area contributed by atoms with E-state index in [4.69, 9.17) is 11.6 Å². The Hall–Kier alpha value is -0.830. The maximum Gasteiger partial charge on any atom is 0.153 e. The van der Waals surface area contributed by atoms with E-state index in [0.717, 1.165) is 18.7 Å². The quantitative estimate of drug-likeness (QED) is 0.839. The first-order valence-corrected chi connectivity index (χ1v) is 5.07. The molecule has 0 aliphatic heterocycles. The van der Waals surface area contributed by atoms with Crippen LogP contribution in [-0.2, 0) is 0 Å². The topological polar surface area (TPSA) is 37.8 Å². The third-order valence-electron chi connectivity index (χ3n) is 1.83. The third-order valence-corrected chi connectivity index (χ3v) is 2.01. The molecule has 1 aromatic heterocycles. The Kier molecular flexibility index (Phi) is 3.69. The van der Waals surface area contributed by atoms with Crippen LogP contribution in [0, 0.1) is 5.41 Å². The lowest BCUT2D eigenvalue weighted by Gasteiger charge is -2.18. The Bertz CT molecular complexity index is 294. The second kappa shape index (κ2) is 4.60. The van der Waals surface area contributed by atoms with Gasteiger partial charge in [0.05, 0.1) is 11.9 Å². The van der Waals surface area contributed by atoms with Gasteiger partial charge in [-0.25, -0.2) is 0 Å². The molecule has 78 valence electrons.